The van der Waals surface area contributed by atoms with E-state index in [0.717, 1.165) is 16.3 Å². The maximum atomic E-state index is 11.7. The molecule has 3 rings (SSSR count). The predicted molar refractivity (Wildman–Crippen MR) is 74.2 cm³/mol. The van der Waals surface area contributed by atoms with Crippen LogP contribution >= 0.6 is 0 Å². The van der Waals surface area contributed by atoms with E-state index in [2.05, 4.69) is 9.97 Å². The summed E-state index contributed by atoms with van der Waals surface area (Å²) in [4.78, 5) is 18.5. The Balaban J connectivity index is 2.34. The number of aromatic amines is 1. The van der Waals surface area contributed by atoms with E-state index in [4.69, 9.17) is 0 Å². The van der Waals surface area contributed by atoms with E-state index in [0.29, 0.717) is 5.82 Å². The lowest BCUT2D eigenvalue weighted by atomic mass is 10.0. The van der Waals surface area contributed by atoms with Gasteiger partial charge in [0.05, 0.1) is 5.56 Å². The summed E-state index contributed by atoms with van der Waals surface area (Å²) in [6.45, 7) is 1.54. The molecular weight excluding hydrogens is 240 g/mol. The fourth-order valence-electron chi connectivity index (χ4n) is 2.08. The molecule has 94 valence electrons. The second-order valence-electron chi connectivity index (χ2n) is 4.39. The van der Waals surface area contributed by atoms with Gasteiger partial charge in [-0.3, -0.25) is 4.79 Å². The largest absolute Gasteiger partial charge is 0.493 e. The summed E-state index contributed by atoms with van der Waals surface area (Å²) in [5, 5.41) is 11.7. The van der Waals surface area contributed by atoms with Gasteiger partial charge in [-0.05, 0) is 17.7 Å². The van der Waals surface area contributed by atoms with E-state index in [1.807, 2.05) is 42.5 Å². The van der Waals surface area contributed by atoms with Crippen molar-refractivity contribution in [1.82, 2.24) is 9.97 Å². The molecule has 0 radical (unpaired) electrons. The smallest absolute Gasteiger partial charge is 0.257 e. The molecule has 3 aromatic rings. The highest BCUT2D eigenvalue weighted by Gasteiger charge is 2.10. The molecule has 0 bridgehead atoms. The number of benzene rings is 2. The second kappa shape index (κ2) is 4.24. The van der Waals surface area contributed by atoms with E-state index in [1.165, 1.54) is 6.92 Å². The highest BCUT2D eigenvalue weighted by Crippen LogP contribution is 2.26. The number of fused-ring (bicyclic) bond motifs is 1. The Hall–Kier alpha value is -2.62. The van der Waals surface area contributed by atoms with E-state index < -0.39 is 0 Å². The molecule has 0 aliphatic rings. The number of hydrogen-bond acceptors (Lipinski definition) is 3. The zero-order valence-corrected chi connectivity index (χ0v) is 10.3. The molecule has 0 amide bonds. The molecule has 2 aromatic carbocycles. The summed E-state index contributed by atoms with van der Waals surface area (Å²) >= 11 is 0. The van der Waals surface area contributed by atoms with E-state index in [1.54, 1.807) is 0 Å². The van der Waals surface area contributed by atoms with Crippen LogP contribution in [0.4, 0.5) is 0 Å². The molecule has 0 saturated heterocycles. The van der Waals surface area contributed by atoms with E-state index in [9.17, 15) is 9.90 Å². The number of H-pyrrole nitrogens is 1. The summed E-state index contributed by atoms with van der Waals surface area (Å²) in [5.74, 6) is 0.150. The van der Waals surface area contributed by atoms with Crippen LogP contribution in [-0.2, 0) is 0 Å². The van der Waals surface area contributed by atoms with Gasteiger partial charge < -0.3 is 10.1 Å². The minimum atomic E-state index is -0.324. The summed E-state index contributed by atoms with van der Waals surface area (Å²) in [7, 11) is 0. The van der Waals surface area contributed by atoms with Crippen molar-refractivity contribution in [3.63, 3.8) is 0 Å². The van der Waals surface area contributed by atoms with Gasteiger partial charge in [0.1, 0.15) is 5.82 Å². The Labute approximate surface area is 109 Å². The lowest BCUT2D eigenvalue weighted by Gasteiger charge is -2.07. The third-order valence-corrected chi connectivity index (χ3v) is 3.17. The molecular formula is C15H12N2O2. The van der Waals surface area contributed by atoms with Gasteiger partial charge in [0.15, 0.2) is 0 Å². The number of nitrogens with one attached hydrogen (secondary N) is 1. The number of aromatic nitrogens is 2. The Morgan fingerprint density at radius 1 is 1.11 bits per heavy atom. The van der Waals surface area contributed by atoms with Crippen molar-refractivity contribution in [3.8, 4) is 17.3 Å². The van der Waals surface area contributed by atoms with Gasteiger partial charge in [0.25, 0.3) is 5.56 Å². The minimum absolute atomic E-state index is 0.226. The van der Waals surface area contributed by atoms with Crippen LogP contribution in [0.3, 0.4) is 0 Å². The standard InChI is InChI=1S/C15H12N2O2/c1-9-14(18)16-13(17-15(9)19)12-8-4-6-10-5-2-3-7-11(10)12/h2-8H,1H3,(H2,16,17,18,19). The number of nitrogens with zero attached hydrogens (tertiary/aromatic N) is 1. The molecule has 1 heterocycles. The van der Waals surface area contributed by atoms with Crippen molar-refractivity contribution in [1.29, 1.82) is 0 Å². The van der Waals surface area contributed by atoms with E-state index >= 15 is 0 Å². The zero-order valence-electron chi connectivity index (χ0n) is 10.3. The first kappa shape index (κ1) is 11.5. The highest BCUT2D eigenvalue weighted by atomic mass is 16.3. The number of rotatable bonds is 1. The van der Waals surface area contributed by atoms with Gasteiger partial charge in [-0.15, -0.1) is 0 Å². The number of hydrogen-bond donors (Lipinski definition) is 2. The fraction of sp³-hybridized carbons (Fsp3) is 0.0667. The SMILES string of the molecule is Cc1c(O)nc(-c2cccc3ccccc23)[nH]c1=O. The van der Waals surface area contributed by atoms with Gasteiger partial charge >= 0.3 is 0 Å². The van der Waals surface area contributed by atoms with Crippen LogP contribution in [0.1, 0.15) is 5.56 Å². The average molecular weight is 252 g/mol. The molecule has 0 spiro atoms. The van der Waals surface area contributed by atoms with Gasteiger partial charge in [0, 0.05) is 5.56 Å². The van der Waals surface area contributed by atoms with Crippen LogP contribution in [-0.4, -0.2) is 15.1 Å². The van der Waals surface area contributed by atoms with Gasteiger partial charge in [-0.2, -0.15) is 4.98 Å². The maximum absolute atomic E-state index is 11.7. The molecule has 0 unspecified atom stereocenters. The Morgan fingerprint density at radius 3 is 2.63 bits per heavy atom. The maximum Gasteiger partial charge on any atom is 0.257 e. The fourth-order valence-corrected chi connectivity index (χ4v) is 2.08. The molecule has 0 fully saturated rings. The van der Waals surface area contributed by atoms with E-state index in [-0.39, 0.29) is 17.0 Å². The summed E-state index contributed by atoms with van der Waals surface area (Å²) < 4.78 is 0. The van der Waals surface area contributed by atoms with Gasteiger partial charge in [-0.25, -0.2) is 0 Å². The van der Waals surface area contributed by atoms with Crippen molar-refractivity contribution < 1.29 is 5.11 Å². The van der Waals surface area contributed by atoms with Gasteiger partial charge in [-0.1, -0.05) is 42.5 Å². The summed E-state index contributed by atoms with van der Waals surface area (Å²) in [5.41, 5.74) is 0.699. The second-order valence-corrected chi connectivity index (χ2v) is 4.39. The first-order valence-electron chi connectivity index (χ1n) is 5.95. The molecule has 2 N–H and O–H groups in total. The van der Waals surface area contributed by atoms with Crippen LogP contribution in [0.5, 0.6) is 5.88 Å². The van der Waals surface area contributed by atoms with Crippen molar-refractivity contribution in [2.75, 3.05) is 0 Å². The molecule has 4 nitrogen and oxygen atoms in total. The quantitative estimate of drug-likeness (QED) is 0.699. The highest BCUT2D eigenvalue weighted by molar-refractivity contribution is 5.95. The van der Waals surface area contributed by atoms with Crippen LogP contribution < -0.4 is 5.56 Å². The monoisotopic (exact) mass is 252 g/mol. The minimum Gasteiger partial charge on any atom is -0.493 e. The average Bonchev–Trinajstić information content (AvgIpc) is 2.43. The van der Waals surface area contributed by atoms with Crippen molar-refractivity contribution in [2.45, 2.75) is 6.92 Å². The lowest BCUT2D eigenvalue weighted by molar-refractivity contribution is 0.447. The third kappa shape index (κ3) is 1.87. The molecule has 0 aliphatic heterocycles. The molecule has 0 saturated carbocycles. The first-order valence-corrected chi connectivity index (χ1v) is 5.95. The molecule has 19 heavy (non-hydrogen) atoms. The van der Waals surface area contributed by atoms with Crippen molar-refractivity contribution >= 4 is 10.8 Å². The Morgan fingerprint density at radius 2 is 1.84 bits per heavy atom. The van der Waals surface area contributed by atoms with Crippen LogP contribution in [0, 0.1) is 6.92 Å². The zero-order chi connectivity index (χ0) is 13.4. The Kier molecular flexibility index (Phi) is 2.56. The Bertz CT molecular complexity index is 816. The lowest BCUT2D eigenvalue weighted by Crippen LogP contribution is -2.12. The normalized spacial score (nSPS) is 10.8. The topological polar surface area (TPSA) is 66.0 Å². The first-order chi connectivity index (χ1) is 9.16. The van der Waals surface area contributed by atoms with Crippen LogP contribution in [0.15, 0.2) is 47.3 Å². The number of aromatic hydroxyl groups is 1. The molecule has 4 heteroatoms. The molecule has 0 atom stereocenters. The summed E-state index contributed by atoms with van der Waals surface area (Å²) in [6.07, 6.45) is 0. The predicted octanol–water partition coefficient (Wildman–Crippen LogP) is 2.60. The van der Waals surface area contributed by atoms with Crippen molar-refractivity contribution in [3.05, 3.63) is 58.4 Å². The third-order valence-electron chi connectivity index (χ3n) is 3.17. The van der Waals surface area contributed by atoms with Gasteiger partial charge in [0.2, 0.25) is 5.88 Å². The molecule has 1 aromatic heterocycles. The van der Waals surface area contributed by atoms with Crippen LogP contribution in [0.2, 0.25) is 0 Å². The summed E-state index contributed by atoms with van der Waals surface area (Å²) in [6, 6.07) is 13.6. The van der Waals surface area contributed by atoms with Crippen LogP contribution in [0.25, 0.3) is 22.2 Å². The van der Waals surface area contributed by atoms with Crippen molar-refractivity contribution in [2.24, 2.45) is 0 Å². The molecule has 0 aliphatic carbocycles.